The van der Waals surface area contributed by atoms with E-state index in [0.29, 0.717) is 4.90 Å². The van der Waals surface area contributed by atoms with Gasteiger partial charge in [0.05, 0.1) is 0 Å². The van der Waals surface area contributed by atoms with Gasteiger partial charge in [0.25, 0.3) is 0 Å². The largest absolute Gasteiger partial charge is 0.480 e. The highest BCUT2D eigenvalue weighted by atomic mass is 79.9. The van der Waals surface area contributed by atoms with E-state index in [1.807, 2.05) is 0 Å². The molecule has 1 unspecified atom stereocenters. The monoisotopic (exact) mass is 357 g/mol. The molecule has 2 N–H and O–H groups in total. The van der Waals surface area contributed by atoms with E-state index in [9.17, 15) is 19.2 Å². The molecule has 0 bridgehead atoms. The predicted molar refractivity (Wildman–Crippen MR) is 73.5 cm³/mol. The number of halogens is 1. The Kier molecular flexibility index (Phi) is 4.24. The first-order valence-corrected chi connectivity index (χ1v) is 7.06. The molecule has 1 heterocycles. The van der Waals surface area contributed by atoms with E-state index >= 15 is 0 Å². The number of thioether (sulfide) groups is 1. The normalized spacial score (nSPS) is 17.6. The van der Waals surface area contributed by atoms with Crippen molar-refractivity contribution in [1.82, 2.24) is 5.32 Å². The summed E-state index contributed by atoms with van der Waals surface area (Å²) in [6, 6.07) is 4.79. The third-order valence-corrected chi connectivity index (χ3v) is 4.08. The summed E-state index contributed by atoms with van der Waals surface area (Å²) in [5.74, 6) is -4.23. The number of carboxylic acids is 1. The molecule has 0 saturated heterocycles. The van der Waals surface area contributed by atoms with E-state index in [-0.39, 0.29) is 5.56 Å². The van der Waals surface area contributed by atoms with Gasteiger partial charge in [-0.3, -0.25) is 19.2 Å². The van der Waals surface area contributed by atoms with Gasteiger partial charge in [-0.2, -0.15) is 0 Å². The highest BCUT2D eigenvalue weighted by Gasteiger charge is 2.40. The summed E-state index contributed by atoms with van der Waals surface area (Å²) in [6.07, 6.45) is 0. The van der Waals surface area contributed by atoms with E-state index in [4.69, 9.17) is 5.11 Å². The zero-order valence-electron chi connectivity index (χ0n) is 9.88. The molecule has 1 aromatic carbocycles. The number of carbonyl (C=O) groups is 4. The summed E-state index contributed by atoms with van der Waals surface area (Å²) < 4.78 is 0.720. The first kappa shape index (κ1) is 14.7. The van der Waals surface area contributed by atoms with E-state index in [1.165, 1.54) is 6.07 Å². The van der Waals surface area contributed by atoms with Gasteiger partial charge in [-0.15, -0.1) is 0 Å². The average Bonchev–Trinajstić information content (AvgIpc) is 2.35. The van der Waals surface area contributed by atoms with Crippen molar-refractivity contribution in [2.45, 2.75) is 4.90 Å². The lowest BCUT2D eigenvalue weighted by Gasteiger charge is -2.20. The molecule has 6 nitrogen and oxygen atoms in total. The van der Waals surface area contributed by atoms with Crippen LogP contribution in [0.25, 0.3) is 0 Å². The Morgan fingerprint density at radius 1 is 1.35 bits per heavy atom. The van der Waals surface area contributed by atoms with Gasteiger partial charge in [-0.1, -0.05) is 15.9 Å². The van der Waals surface area contributed by atoms with Crippen LogP contribution >= 0.6 is 27.7 Å². The van der Waals surface area contributed by atoms with Gasteiger partial charge in [0.15, 0.2) is 11.7 Å². The standard InChI is InChI=1S/C12H8BrNO5S/c13-5-1-2-6-7(3-5)20-12(19)9(10(6)17)11(18)14-4-8(15)16/h1-3,9H,4H2,(H,14,18)(H,15,16). The van der Waals surface area contributed by atoms with Gasteiger partial charge >= 0.3 is 5.97 Å². The van der Waals surface area contributed by atoms with Gasteiger partial charge < -0.3 is 10.4 Å². The number of nitrogens with one attached hydrogen (secondary N) is 1. The molecular formula is C12H8BrNO5S. The summed E-state index contributed by atoms with van der Waals surface area (Å²) in [6.45, 7) is -0.631. The summed E-state index contributed by atoms with van der Waals surface area (Å²) in [5.41, 5.74) is 0.285. The number of rotatable bonds is 3. The maximum absolute atomic E-state index is 12.2. The van der Waals surface area contributed by atoms with Crippen molar-refractivity contribution in [3.63, 3.8) is 0 Å². The Morgan fingerprint density at radius 3 is 2.70 bits per heavy atom. The van der Waals surface area contributed by atoms with Gasteiger partial charge in [-0.25, -0.2) is 0 Å². The Balaban J connectivity index is 2.27. The van der Waals surface area contributed by atoms with Crippen LogP contribution in [0.15, 0.2) is 27.6 Å². The molecule has 0 fully saturated rings. The predicted octanol–water partition coefficient (Wildman–Crippen LogP) is 1.08. The SMILES string of the molecule is O=C(O)CNC(=O)C1C(=O)Sc2cc(Br)ccc2C1=O. The second kappa shape index (κ2) is 5.76. The molecule has 1 aliphatic rings. The van der Waals surface area contributed by atoms with E-state index in [2.05, 4.69) is 21.2 Å². The minimum absolute atomic E-state index is 0.285. The van der Waals surface area contributed by atoms with Crippen LogP contribution in [0.3, 0.4) is 0 Å². The zero-order valence-corrected chi connectivity index (χ0v) is 12.3. The molecule has 0 aromatic heterocycles. The molecule has 20 heavy (non-hydrogen) atoms. The minimum atomic E-state index is -1.49. The highest BCUT2D eigenvalue weighted by Crippen LogP contribution is 2.35. The minimum Gasteiger partial charge on any atom is -0.480 e. The van der Waals surface area contributed by atoms with Crippen LogP contribution in [0.5, 0.6) is 0 Å². The Labute approximate surface area is 126 Å². The van der Waals surface area contributed by atoms with Crippen LogP contribution < -0.4 is 5.32 Å². The fourth-order valence-electron chi connectivity index (χ4n) is 1.70. The topological polar surface area (TPSA) is 101 Å². The summed E-state index contributed by atoms with van der Waals surface area (Å²) in [4.78, 5) is 46.7. The fraction of sp³-hybridized carbons (Fsp3) is 0.167. The third kappa shape index (κ3) is 2.91. The molecule has 0 spiro atoms. The first-order valence-electron chi connectivity index (χ1n) is 5.45. The van der Waals surface area contributed by atoms with Crippen LogP contribution in [0.4, 0.5) is 0 Å². The molecule has 104 valence electrons. The summed E-state index contributed by atoms with van der Waals surface area (Å²) >= 11 is 4.04. The van der Waals surface area contributed by atoms with Crippen molar-refractivity contribution >= 4 is 50.5 Å². The molecule has 2 rings (SSSR count). The van der Waals surface area contributed by atoms with Gasteiger partial charge in [0.2, 0.25) is 11.0 Å². The number of ketones is 1. The van der Waals surface area contributed by atoms with Gasteiger partial charge in [0, 0.05) is 14.9 Å². The molecule has 1 amide bonds. The molecule has 1 atom stereocenters. The maximum atomic E-state index is 12.2. The van der Waals surface area contributed by atoms with Crippen molar-refractivity contribution < 1.29 is 24.3 Å². The van der Waals surface area contributed by atoms with Crippen molar-refractivity contribution in [3.05, 3.63) is 28.2 Å². The number of amides is 1. The number of fused-ring (bicyclic) bond motifs is 1. The lowest BCUT2D eigenvalue weighted by molar-refractivity contribution is -0.139. The van der Waals surface area contributed by atoms with Crippen molar-refractivity contribution in [2.75, 3.05) is 6.54 Å². The molecule has 0 aliphatic carbocycles. The van der Waals surface area contributed by atoms with Gasteiger partial charge in [0.1, 0.15) is 6.54 Å². The molecular weight excluding hydrogens is 350 g/mol. The number of hydrogen-bond donors (Lipinski definition) is 2. The lowest BCUT2D eigenvalue weighted by atomic mass is 9.97. The fourth-order valence-corrected chi connectivity index (χ4v) is 3.23. The second-order valence-electron chi connectivity index (χ2n) is 3.97. The van der Waals surface area contributed by atoms with Crippen LogP contribution in [0.1, 0.15) is 10.4 Å². The number of aliphatic carboxylic acids is 1. The quantitative estimate of drug-likeness (QED) is 0.785. The molecule has 1 aromatic rings. The average molecular weight is 358 g/mol. The van der Waals surface area contributed by atoms with Crippen molar-refractivity contribution in [2.24, 2.45) is 5.92 Å². The van der Waals surface area contributed by atoms with Crippen molar-refractivity contribution in [1.29, 1.82) is 0 Å². The maximum Gasteiger partial charge on any atom is 0.322 e. The highest BCUT2D eigenvalue weighted by molar-refractivity contribution is 9.10. The molecule has 0 saturated carbocycles. The zero-order chi connectivity index (χ0) is 14.9. The Morgan fingerprint density at radius 2 is 2.05 bits per heavy atom. The number of benzene rings is 1. The number of Topliss-reactive ketones (excluding diaryl/α,β-unsaturated/α-hetero) is 1. The molecule has 0 radical (unpaired) electrons. The number of carboxylic acid groups (broad SMARTS) is 1. The molecule has 1 aliphatic heterocycles. The van der Waals surface area contributed by atoms with E-state index in [0.717, 1.165) is 16.2 Å². The molecule has 8 heteroatoms. The van der Waals surface area contributed by atoms with Crippen molar-refractivity contribution in [3.8, 4) is 0 Å². The summed E-state index contributed by atoms with van der Waals surface area (Å²) in [5, 5.41) is 9.93. The lowest BCUT2D eigenvalue weighted by Crippen LogP contribution is -2.42. The van der Waals surface area contributed by atoms with Crippen LogP contribution in [0.2, 0.25) is 0 Å². The first-order chi connectivity index (χ1) is 9.40. The number of hydrogen-bond acceptors (Lipinski definition) is 5. The Hall–Kier alpha value is -1.67. The smallest absolute Gasteiger partial charge is 0.322 e. The third-order valence-electron chi connectivity index (χ3n) is 2.59. The van der Waals surface area contributed by atoms with Crippen LogP contribution in [-0.2, 0) is 14.4 Å². The van der Waals surface area contributed by atoms with Crippen LogP contribution in [-0.4, -0.2) is 34.4 Å². The second-order valence-corrected chi connectivity index (χ2v) is 5.93. The van der Waals surface area contributed by atoms with E-state index in [1.54, 1.807) is 12.1 Å². The summed E-state index contributed by atoms with van der Waals surface area (Å²) in [7, 11) is 0. The van der Waals surface area contributed by atoms with Crippen LogP contribution in [0, 0.1) is 5.92 Å². The Bertz CT molecular complexity index is 630. The number of carbonyl (C=O) groups excluding carboxylic acids is 3. The van der Waals surface area contributed by atoms with E-state index < -0.39 is 35.2 Å². The van der Waals surface area contributed by atoms with Gasteiger partial charge in [-0.05, 0) is 30.0 Å².